The smallest absolute Gasteiger partial charge is 0.248 e. The van der Waals surface area contributed by atoms with Crippen LogP contribution in [0.25, 0.3) is 6.08 Å². The van der Waals surface area contributed by atoms with Crippen molar-refractivity contribution in [3.8, 4) is 17.2 Å². The van der Waals surface area contributed by atoms with Gasteiger partial charge in [0.25, 0.3) is 0 Å². The maximum atomic E-state index is 13.2. The molecule has 0 aliphatic carbocycles. The number of fused-ring (bicyclic) bond motifs is 1. The summed E-state index contributed by atoms with van der Waals surface area (Å²) in [6.45, 7) is 8.77. The summed E-state index contributed by atoms with van der Waals surface area (Å²) >= 11 is 0. The summed E-state index contributed by atoms with van der Waals surface area (Å²) in [4.78, 5) is 27.5. The van der Waals surface area contributed by atoms with Crippen LogP contribution in [0, 0.1) is 11.3 Å². The van der Waals surface area contributed by atoms with Crippen molar-refractivity contribution < 1.29 is 23.8 Å². The van der Waals surface area contributed by atoms with E-state index in [1.807, 2.05) is 19.9 Å². The highest BCUT2D eigenvalue weighted by molar-refractivity contribution is 6.04. The van der Waals surface area contributed by atoms with Crippen LogP contribution in [0.4, 0.5) is 11.4 Å². The molecule has 0 aromatic heterocycles. The third-order valence-corrected chi connectivity index (χ3v) is 5.31. The number of amides is 2. The van der Waals surface area contributed by atoms with Crippen molar-refractivity contribution in [1.82, 2.24) is 0 Å². The van der Waals surface area contributed by atoms with Gasteiger partial charge in [-0.05, 0) is 61.7 Å². The van der Waals surface area contributed by atoms with E-state index in [9.17, 15) is 9.59 Å². The van der Waals surface area contributed by atoms with Gasteiger partial charge in [-0.2, -0.15) is 0 Å². The van der Waals surface area contributed by atoms with Gasteiger partial charge in [-0.3, -0.25) is 9.59 Å². The molecule has 33 heavy (non-hydrogen) atoms. The molecule has 0 atom stereocenters. The highest BCUT2D eigenvalue weighted by Crippen LogP contribution is 2.38. The zero-order valence-corrected chi connectivity index (χ0v) is 20.1. The number of hydrogen-bond donors (Lipinski definition) is 1. The second kappa shape index (κ2) is 9.98. The van der Waals surface area contributed by atoms with Gasteiger partial charge >= 0.3 is 0 Å². The van der Waals surface area contributed by atoms with Gasteiger partial charge < -0.3 is 24.4 Å². The van der Waals surface area contributed by atoms with Crippen LogP contribution in [0.2, 0.25) is 0 Å². The summed E-state index contributed by atoms with van der Waals surface area (Å²) in [5.41, 5.74) is 1.41. The Labute approximate surface area is 195 Å². The minimum absolute atomic E-state index is 0.00627. The third kappa shape index (κ3) is 5.66. The average Bonchev–Trinajstić information content (AvgIpc) is 2.87. The number of rotatable bonds is 7. The number of anilines is 2. The number of nitrogens with zero attached hydrogens (tertiary/aromatic N) is 1. The summed E-state index contributed by atoms with van der Waals surface area (Å²) in [5, 5.41) is 2.87. The maximum absolute atomic E-state index is 13.2. The molecule has 2 amide bonds. The molecule has 7 nitrogen and oxygen atoms in total. The summed E-state index contributed by atoms with van der Waals surface area (Å²) in [6.07, 6.45) is 3.14. The van der Waals surface area contributed by atoms with E-state index in [0.29, 0.717) is 41.8 Å². The number of nitrogens with one attached hydrogen (secondary N) is 1. The fraction of sp³-hybridized carbons (Fsp3) is 0.385. The Bertz CT molecular complexity index is 1060. The van der Waals surface area contributed by atoms with Crippen molar-refractivity contribution in [2.24, 2.45) is 11.3 Å². The molecule has 0 fully saturated rings. The molecule has 176 valence electrons. The van der Waals surface area contributed by atoms with E-state index in [4.69, 9.17) is 14.2 Å². The Morgan fingerprint density at radius 1 is 1.15 bits per heavy atom. The number of carbonyl (C=O) groups excluding carboxylic acids is 2. The Morgan fingerprint density at radius 2 is 1.88 bits per heavy atom. The topological polar surface area (TPSA) is 77.1 Å². The lowest BCUT2D eigenvalue weighted by atomic mass is 9.92. The van der Waals surface area contributed by atoms with Crippen LogP contribution in [0.15, 0.2) is 42.5 Å². The van der Waals surface area contributed by atoms with Crippen LogP contribution >= 0.6 is 0 Å². The van der Waals surface area contributed by atoms with Crippen LogP contribution in [0.3, 0.4) is 0 Å². The summed E-state index contributed by atoms with van der Waals surface area (Å²) < 4.78 is 16.5. The van der Waals surface area contributed by atoms with E-state index in [-0.39, 0.29) is 17.7 Å². The minimum Gasteiger partial charge on any atom is -0.493 e. The second-order valence-corrected chi connectivity index (χ2v) is 9.10. The first kappa shape index (κ1) is 24.2. The van der Waals surface area contributed by atoms with Crippen LogP contribution in [0.5, 0.6) is 17.2 Å². The van der Waals surface area contributed by atoms with E-state index in [1.165, 1.54) is 6.08 Å². The summed E-state index contributed by atoms with van der Waals surface area (Å²) in [5.74, 6) is 1.83. The van der Waals surface area contributed by atoms with E-state index >= 15 is 0 Å². The molecule has 1 aliphatic heterocycles. The molecular formula is C26H32N2O5. The zero-order chi connectivity index (χ0) is 24.2. The second-order valence-electron chi connectivity index (χ2n) is 9.10. The predicted molar refractivity (Wildman–Crippen MR) is 130 cm³/mol. The fourth-order valence-electron chi connectivity index (χ4n) is 3.58. The number of ether oxygens (including phenoxy) is 3. The quantitative estimate of drug-likeness (QED) is 0.613. The summed E-state index contributed by atoms with van der Waals surface area (Å²) in [7, 11) is 3.14. The monoisotopic (exact) mass is 452 g/mol. The Morgan fingerprint density at radius 3 is 2.55 bits per heavy atom. The lowest BCUT2D eigenvalue weighted by Gasteiger charge is -2.29. The van der Waals surface area contributed by atoms with Gasteiger partial charge in [0.1, 0.15) is 12.4 Å². The lowest BCUT2D eigenvalue weighted by molar-refractivity contribution is -0.127. The largest absolute Gasteiger partial charge is 0.493 e. The standard InChI is InChI=1S/C26H32N2O5/c1-17(2)15-28-20-14-19(9-11-21(20)33-16-26(3,4)25(28)30)27-24(29)12-8-18-7-10-22(31-5)23(13-18)32-6/h7-14,17H,15-16H2,1-6H3,(H,27,29)/b12-8+. The zero-order valence-electron chi connectivity index (χ0n) is 20.1. The van der Waals surface area contributed by atoms with Crippen LogP contribution in [-0.2, 0) is 9.59 Å². The summed E-state index contributed by atoms with van der Waals surface area (Å²) in [6, 6.07) is 10.8. The van der Waals surface area contributed by atoms with Crippen LogP contribution in [0.1, 0.15) is 33.3 Å². The fourth-order valence-corrected chi connectivity index (χ4v) is 3.58. The van der Waals surface area contributed by atoms with Crippen LogP contribution < -0.4 is 24.4 Å². The van der Waals surface area contributed by atoms with Gasteiger partial charge in [-0.15, -0.1) is 0 Å². The molecule has 1 aliphatic rings. The molecule has 1 heterocycles. The van der Waals surface area contributed by atoms with Gasteiger partial charge in [0, 0.05) is 18.3 Å². The molecule has 0 bridgehead atoms. The molecule has 0 spiro atoms. The van der Waals surface area contributed by atoms with Crippen molar-refractivity contribution in [2.75, 3.05) is 37.6 Å². The molecule has 0 unspecified atom stereocenters. The molecule has 0 radical (unpaired) electrons. The van der Waals surface area contributed by atoms with Gasteiger partial charge in [0.05, 0.1) is 25.3 Å². The lowest BCUT2D eigenvalue weighted by Crippen LogP contribution is -2.43. The molecule has 0 saturated heterocycles. The van der Waals surface area contributed by atoms with Crippen molar-refractivity contribution in [3.05, 3.63) is 48.0 Å². The SMILES string of the molecule is COc1ccc(/C=C/C(=O)Nc2ccc3c(c2)N(CC(C)C)C(=O)C(C)(C)CO3)cc1OC. The molecule has 7 heteroatoms. The molecule has 3 rings (SSSR count). The molecule has 2 aromatic carbocycles. The Balaban J connectivity index is 1.81. The molecule has 2 aromatic rings. The normalized spacial score (nSPS) is 15.1. The number of benzene rings is 2. The van der Waals surface area contributed by atoms with E-state index in [1.54, 1.807) is 55.5 Å². The highest BCUT2D eigenvalue weighted by Gasteiger charge is 2.38. The number of methoxy groups -OCH3 is 2. The van der Waals surface area contributed by atoms with Gasteiger partial charge in [0.2, 0.25) is 11.8 Å². The average molecular weight is 453 g/mol. The maximum Gasteiger partial charge on any atom is 0.248 e. The minimum atomic E-state index is -0.639. The van der Waals surface area contributed by atoms with Gasteiger partial charge in [-0.25, -0.2) is 0 Å². The highest BCUT2D eigenvalue weighted by atomic mass is 16.5. The number of hydrogen-bond acceptors (Lipinski definition) is 5. The van der Waals surface area contributed by atoms with Crippen molar-refractivity contribution >= 4 is 29.3 Å². The first-order valence-electron chi connectivity index (χ1n) is 10.9. The molecule has 0 saturated carbocycles. The van der Waals surface area contributed by atoms with Crippen molar-refractivity contribution in [1.29, 1.82) is 0 Å². The Kier molecular flexibility index (Phi) is 7.31. The van der Waals surface area contributed by atoms with Crippen molar-refractivity contribution in [3.63, 3.8) is 0 Å². The molecular weight excluding hydrogens is 420 g/mol. The van der Waals surface area contributed by atoms with Gasteiger partial charge in [-0.1, -0.05) is 19.9 Å². The first-order chi connectivity index (χ1) is 15.6. The Hall–Kier alpha value is -3.48. The van der Waals surface area contributed by atoms with Crippen molar-refractivity contribution in [2.45, 2.75) is 27.7 Å². The predicted octanol–water partition coefficient (Wildman–Crippen LogP) is 4.76. The van der Waals surface area contributed by atoms with Crippen LogP contribution in [-0.4, -0.2) is 39.2 Å². The molecule has 1 N–H and O–H groups in total. The first-order valence-corrected chi connectivity index (χ1v) is 10.9. The third-order valence-electron chi connectivity index (χ3n) is 5.31. The van der Waals surface area contributed by atoms with E-state index < -0.39 is 5.41 Å². The van der Waals surface area contributed by atoms with E-state index in [0.717, 1.165) is 5.56 Å². The van der Waals surface area contributed by atoms with Gasteiger partial charge in [0.15, 0.2) is 11.5 Å². The van der Waals surface area contributed by atoms with E-state index in [2.05, 4.69) is 19.2 Å². The number of carbonyl (C=O) groups is 2.